The minimum absolute atomic E-state index is 0.145. The van der Waals surface area contributed by atoms with E-state index < -0.39 is 0 Å². The first kappa shape index (κ1) is 14.2. The monoisotopic (exact) mass is 255 g/mol. The molecule has 0 fully saturated rings. The van der Waals surface area contributed by atoms with Gasteiger partial charge in [-0.1, -0.05) is 31.9 Å². The summed E-state index contributed by atoms with van der Waals surface area (Å²) in [7, 11) is 0. The van der Waals surface area contributed by atoms with Gasteiger partial charge in [-0.05, 0) is 38.0 Å². The summed E-state index contributed by atoms with van der Waals surface area (Å²) in [6.45, 7) is 9.37. The van der Waals surface area contributed by atoms with Crippen molar-refractivity contribution in [3.63, 3.8) is 0 Å². The molecule has 1 aromatic rings. The molecule has 0 bridgehead atoms. The molecule has 1 unspecified atom stereocenters. The Labute approximate surface area is 109 Å². The summed E-state index contributed by atoms with van der Waals surface area (Å²) in [6, 6.07) is 5.84. The predicted molar refractivity (Wildman–Crippen MR) is 75.2 cm³/mol. The van der Waals surface area contributed by atoms with Crippen molar-refractivity contribution in [3.8, 4) is 5.75 Å². The quantitative estimate of drug-likeness (QED) is 0.803. The van der Waals surface area contributed by atoms with Crippen molar-refractivity contribution in [2.75, 3.05) is 11.9 Å². The van der Waals surface area contributed by atoms with Crippen LogP contribution in [-0.2, 0) is 0 Å². The third-order valence-electron chi connectivity index (χ3n) is 2.65. The third-order valence-corrected chi connectivity index (χ3v) is 2.94. The second-order valence-electron chi connectivity index (χ2n) is 4.71. The van der Waals surface area contributed by atoms with Gasteiger partial charge < -0.3 is 10.1 Å². The van der Waals surface area contributed by atoms with Crippen molar-refractivity contribution in [1.82, 2.24) is 0 Å². The first-order valence-corrected chi connectivity index (χ1v) is 6.60. The summed E-state index contributed by atoms with van der Waals surface area (Å²) in [6.07, 6.45) is 1.32. The van der Waals surface area contributed by atoms with Gasteiger partial charge in [0.25, 0.3) is 0 Å². The zero-order valence-corrected chi connectivity index (χ0v) is 11.8. The van der Waals surface area contributed by atoms with Crippen molar-refractivity contribution >= 4 is 17.3 Å². The lowest BCUT2D eigenvalue weighted by Gasteiger charge is -2.14. The summed E-state index contributed by atoms with van der Waals surface area (Å²) in [5, 5.41) is 4.04. The zero-order chi connectivity index (χ0) is 12.8. The Kier molecular flexibility index (Phi) is 5.63. The first-order chi connectivity index (χ1) is 8.02. The molecule has 3 heteroatoms. The van der Waals surface area contributed by atoms with Crippen LogP contribution in [0.25, 0.3) is 0 Å². The van der Waals surface area contributed by atoms with Gasteiger partial charge in [0.1, 0.15) is 5.75 Å². The Morgan fingerprint density at radius 2 is 2.00 bits per heavy atom. The van der Waals surface area contributed by atoms with E-state index in [9.17, 15) is 0 Å². The molecule has 1 rings (SSSR count). The molecule has 0 amide bonds. The molecule has 17 heavy (non-hydrogen) atoms. The number of hydrogen-bond acceptors (Lipinski definition) is 2. The number of nitrogens with one attached hydrogen (secondary N) is 1. The molecule has 0 aromatic heterocycles. The highest BCUT2D eigenvalue weighted by atomic mass is 35.5. The SMILES string of the molecule is CCC(C)CNc1ccc(OC(C)C)c(Cl)c1. The van der Waals surface area contributed by atoms with Gasteiger partial charge in [0, 0.05) is 12.2 Å². The summed E-state index contributed by atoms with van der Waals surface area (Å²) < 4.78 is 5.59. The second-order valence-corrected chi connectivity index (χ2v) is 5.11. The Morgan fingerprint density at radius 1 is 1.29 bits per heavy atom. The average Bonchev–Trinajstić information content (AvgIpc) is 2.28. The number of ether oxygens (including phenoxy) is 1. The van der Waals surface area contributed by atoms with Crippen molar-refractivity contribution in [1.29, 1.82) is 0 Å². The minimum atomic E-state index is 0.145. The molecule has 0 radical (unpaired) electrons. The van der Waals surface area contributed by atoms with Gasteiger partial charge in [0.2, 0.25) is 0 Å². The van der Waals surface area contributed by atoms with Gasteiger partial charge in [0.05, 0.1) is 11.1 Å². The van der Waals surface area contributed by atoms with Crippen LogP contribution in [0.5, 0.6) is 5.75 Å². The Hall–Kier alpha value is -0.890. The summed E-state index contributed by atoms with van der Waals surface area (Å²) in [5.74, 6) is 1.41. The van der Waals surface area contributed by atoms with E-state index in [1.54, 1.807) is 0 Å². The maximum absolute atomic E-state index is 6.16. The van der Waals surface area contributed by atoms with E-state index in [4.69, 9.17) is 16.3 Å². The van der Waals surface area contributed by atoms with Gasteiger partial charge in [-0.15, -0.1) is 0 Å². The molecule has 0 aliphatic heterocycles. The van der Waals surface area contributed by atoms with Crippen LogP contribution in [0.3, 0.4) is 0 Å². The summed E-state index contributed by atoms with van der Waals surface area (Å²) in [5.41, 5.74) is 1.05. The van der Waals surface area contributed by atoms with Crippen LogP contribution in [0.2, 0.25) is 5.02 Å². The molecular weight excluding hydrogens is 234 g/mol. The predicted octanol–water partition coefficient (Wildman–Crippen LogP) is 4.59. The van der Waals surface area contributed by atoms with Gasteiger partial charge in [-0.3, -0.25) is 0 Å². The van der Waals surface area contributed by atoms with Crippen molar-refractivity contribution < 1.29 is 4.74 Å². The normalized spacial score (nSPS) is 12.6. The second kappa shape index (κ2) is 6.75. The highest BCUT2D eigenvalue weighted by molar-refractivity contribution is 6.32. The minimum Gasteiger partial charge on any atom is -0.489 e. The van der Waals surface area contributed by atoms with Gasteiger partial charge in [0.15, 0.2) is 0 Å². The van der Waals surface area contributed by atoms with Crippen molar-refractivity contribution in [3.05, 3.63) is 23.2 Å². The molecule has 0 aliphatic rings. The lowest BCUT2D eigenvalue weighted by Crippen LogP contribution is -2.10. The molecule has 1 aromatic carbocycles. The van der Waals surface area contributed by atoms with Crippen LogP contribution in [0, 0.1) is 5.92 Å². The molecule has 0 saturated heterocycles. The van der Waals surface area contributed by atoms with Crippen LogP contribution in [0.15, 0.2) is 18.2 Å². The van der Waals surface area contributed by atoms with Crippen LogP contribution < -0.4 is 10.1 Å². The van der Waals surface area contributed by atoms with Gasteiger partial charge in [-0.25, -0.2) is 0 Å². The Morgan fingerprint density at radius 3 is 2.53 bits per heavy atom. The molecule has 2 nitrogen and oxygen atoms in total. The standard InChI is InChI=1S/C14H22ClNO/c1-5-11(4)9-16-12-6-7-14(13(15)8-12)17-10(2)3/h6-8,10-11,16H,5,9H2,1-4H3. The van der Waals surface area contributed by atoms with Crippen LogP contribution in [0.4, 0.5) is 5.69 Å². The van der Waals surface area contributed by atoms with E-state index in [2.05, 4.69) is 19.2 Å². The molecule has 0 aliphatic carbocycles. The van der Waals surface area contributed by atoms with E-state index >= 15 is 0 Å². The Balaban J connectivity index is 2.62. The van der Waals surface area contributed by atoms with E-state index in [0.29, 0.717) is 10.9 Å². The van der Waals surface area contributed by atoms with E-state index in [0.717, 1.165) is 18.0 Å². The molecule has 1 N–H and O–H groups in total. The van der Waals surface area contributed by atoms with E-state index in [1.165, 1.54) is 6.42 Å². The third kappa shape index (κ3) is 4.86. The molecule has 96 valence electrons. The topological polar surface area (TPSA) is 21.3 Å². The molecule has 0 spiro atoms. The van der Waals surface area contributed by atoms with Gasteiger partial charge >= 0.3 is 0 Å². The number of anilines is 1. The first-order valence-electron chi connectivity index (χ1n) is 6.23. The van der Waals surface area contributed by atoms with Crippen molar-refractivity contribution in [2.45, 2.75) is 40.2 Å². The molecule has 0 heterocycles. The number of halogens is 1. The number of hydrogen-bond donors (Lipinski definition) is 1. The van der Waals surface area contributed by atoms with Crippen molar-refractivity contribution in [2.24, 2.45) is 5.92 Å². The average molecular weight is 256 g/mol. The lowest BCUT2D eigenvalue weighted by molar-refractivity contribution is 0.242. The Bertz CT molecular complexity index is 352. The maximum atomic E-state index is 6.16. The maximum Gasteiger partial charge on any atom is 0.138 e. The number of rotatable bonds is 6. The van der Waals surface area contributed by atoms with Crippen LogP contribution in [0.1, 0.15) is 34.1 Å². The van der Waals surface area contributed by atoms with E-state index in [1.807, 2.05) is 32.0 Å². The fourth-order valence-electron chi connectivity index (χ4n) is 1.40. The highest BCUT2D eigenvalue weighted by Crippen LogP contribution is 2.28. The summed E-state index contributed by atoms with van der Waals surface area (Å²) >= 11 is 6.16. The molecule has 0 saturated carbocycles. The highest BCUT2D eigenvalue weighted by Gasteiger charge is 2.05. The lowest BCUT2D eigenvalue weighted by atomic mass is 10.1. The van der Waals surface area contributed by atoms with E-state index in [-0.39, 0.29) is 6.10 Å². The molecular formula is C14H22ClNO. The smallest absolute Gasteiger partial charge is 0.138 e. The van der Waals surface area contributed by atoms with Gasteiger partial charge in [-0.2, -0.15) is 0 Å². The van der Waals surface area contributed by atoms with Crippen LogP contribution in [-0.4, -0.2) is 12.6 Å². The largest absolute Gasteiger partial charge is 0.489 e. The molecule has 1 atom stereocenters. The fraction of sp³-hybridized carbons (Fsp3) is 0.571. The van der Waals surface area contributed by atoms with Crippen LogP contribution >= 0.6 is 11.6 Å². The number of benzene rings is 1. The fourth-order valence-corrected chi connectivity index (χ4v) is 1.62. The summed E-state index contributed by atoms with van der Waals surface area (Å²) in [4.78, 5) is 0. The zero-order valence-electron chi connectivity index (χ0n) is 11.1.